The number of aryl methyl sites for hydroxylation is 1. The average Bonchev–Trinajstić information content (AvgIpc) is 3.15. The number of carbonyl (C=O) groups excluding carboxylic acids is 3. The molecule has 0 N–H and O–H groups in total. The number of alkyl halides is 3. The van der Waals surface area contributed by atoms with Gasteiger partial charge < -0.3 is 9.64 Å². The van der Waals surface area contributed by atoms with E-state index in [1.165, 1.54) is 35.6 Å². The number of aromatic nitrogens is 1. The van der Waals surface area contributed by atoms with Gasteiger partial charge in [0, 0.05) is 25.0 Å². The second-order valence-electron chi connectivity index (χ2n) is 5.40. The van der Waals surface area contributed by atoms with Crippen molar-refractivity contribution in [2.45, 2.75) is 19.8 Å². The molecule has 0 unspecified atom stereocenters. The van der Waals surface area contributed by atoms with Crippen molar-refractivity contribution in [1.82, 2.24) is 9.88 Å². The zero-order valence-electron chi connectivity index (χ0n) is 14.0. The lowest BCUT2D eigenvalue weighted by Crippen LogP contribution is -2.31. The molecule has 1 aromatic heterocycles. The van der Waals surface area contributed by atoms with Crippen LogP contribution in [0, 0.1) is 6.92 Å². The zero-order chi connectivity index (χ0) is 20.0. The fraction of sp³-hybridized carbons (Fsp3) is 0.312. The molecule has 27 heavy (non-hydrogen) atoms. The van der Waals surface area contributed by atoms with E-state index in [2.05, 4.69) is 9.72 Å². The van der Waals surface area contributed by atoms with Crippen LogP contribution in [-0.4, -0.2) is 41.5 Å². The molecule has 0 spiro atoms. The molecule has 0 saturated carbocycles. The van der Waals surface area contributed by atoms with E-state index < -0.39 is 6.36 Å². The maximum atomic E-state index is 12.4. The van der Waals surface area contributed by atoms with Gasteiger partial charge in [0.25, 0.3) is 0 Å². The molecule has 0 atom stereocenters. The summed E-state index contributed by atoms with van der Waals surface area (Å²) in [6, 6.07) is 5.37. The fourth-order valence-electron chi connectivity index (χ4n) is 2.39. The van der Waals surface area contributed by atoms with E-state index in [1.807, 2.05) is 12.3 Å². The third-order valence-electron chi connectivity index (χ3n) is 3.46. The summed E-state index contributed by atoms with van der Waals surface area (Å²) in [4.78, 5) is 36.2. The van der Waals surface area contributed by atoms with Gasteiger partial charge in [-0.05, 0) is 24.6 Å². The van der Waals surface area contributed by atoms with Gasteiger partial charge in [0.2, 0.25) is 0 Å². The number of hydrogen-bond donors (Lipinski definition) is 0. The summed E-state index contributed by atoms with van der Waals surface area (Å²) in [5.41, 5.74) is 1.59. The van der Waals surface area contributed by atoms with Crippen molar-refractivity contribution in [2.24, 2.45) is 0 Å². The number of ether oxygens (including phenoxy) is 1. The highest BCUT2D eigenvalue weighted by Crippen LogP contribution is 2.26. The monoisotopic (exact) mass is 401 g/mol. The van der Waals surface area contributed by atoms with Crippen LogP contribution in [0.15, 0.2) is 29.6 Å². The molecule has 2 amide bonds. The van der Waals surface area contributed by atoms with E-state index in [-0.39, 0.29) is 17.9 Å². The minimum absolute atomic E-state index is 0.153. The van der Waals surface area contributed by atoms with Crippen molar-refractivity contribution in [3.8, 4) is 5.75 Å². The Morgan fingerprint density at radius 2 is 1.85 bits per heavy atom. The fourth-order valence-corrected chi connectivity index (χ4v) is 3.21. The summed E-state index contributed by atoms with van der Waals surface area (Å²) < 4.78 is 40.3. The van der Waals surface area contributed by atoms with Crippen molar-refractivity contribution in [3.63, 3.8) is 0 Å². The standard InChI is InChI=1S/C15H14F3N3O2S.CO2/c1-10-9-24-13(19-10)21-7-6-20(14(21)22)8-11-2-4-12(5-3-11)23-15(16,17)18;2-1-3/h2-5,9H,6-8H2,1H3;. The average molecular weight is 401 g/mol. The van der Waals surface area contributed by atoms with Crippen molar-refractivity contribution >= 4 is 28.7 Å². The molecule has 0 aliphatic carbocycles. The Balaban J connectivity index is 0.000000817. The summed E-state index contributed by atoms with van der Waals surface area (Å²) in [7, 11) is 0. The maximum absolute atomic E-state index is 12.4. The van der Waals surface area contributed by atoms with Gasteiger partial charge in [0.05, 0.1) is 5.69 Å². The topological polar surface area (TPSA) is 79.8 Å². The van der Waals surface area contributed by atoms with E-state index in [9.17, 15) is 18.0 Å². The number of carbonyl (C=O) groups is 1. The predicted octanol–water partition coefficient (Wildman–Crippen LogP) is 3.21. The number of hydrogen-bond acceptors (Lipinski definition) is 6. The molecule has 2 heterocycles. The number of rotatable bonds is 4. The number of thiazole rings is 1. The molecular formula is C16H14F3N3O4S. The van der Waals surface area contributed by atoms with Crippen LogP contribution >= 0.6 is 11.3 Å². The lowest BCUT2D eigenvalue weighted by atomic mass is 10.2. The lowest BCUT2D eigenvalue weighted by Gasteiger charge is -2.17. The molecule has 1 aromatic carbocycles. The van der Waals surface area contributed by atoms with Gasteiger partial charge in [0.1, 0.15) is 5.75 Å². The summed E-state index contributed by atoms with van der Waals surface area (Å²) >= 11 is 1.41. The van der Waals surface area contributed by atoms with Gasteiger partial charge in [-0.1, -0.05) is 12.1 Å². The Hall–Kier alpha value is -2.91. The highest BCUT2D eigenvalue weighted by molar-refractivity contribution is 7.14. The number of urea groups is 1. The summed E-state index contributed by atoms with van der Waals surface area (Å²) in [5, 5.41) is 2.54. The highest BCUT2D eigenvalue weighted by atomic mass is 32.1. The molecule has 1 aliphatic rings. The maximum Gasteiger partial charge on any atom is 0.573 e. The number of anilines is 1. The Morgan fingerprint density at radius 1 is 1.22 bits per heavy atom. The van der Waals surface area contributed by atoms with Crippen LogP contribution in [0.5, 0.6) is 5.75 Å². The Kier molecular flexibility index (Phi) is 6.54. The largest absolute Gasteiger partial charge is 0.573 e. The first-order valence-corrected chi connectivity index (χ1v) is 8.44. The summed E-state index contributed by atoms with van der Waals surface area (Å²) in [6.45, 7) is 3.27. The summed E-state index contributed by atoms with van der Waals surface area (Å²) in [5.74, 6) is -0.279. The molecule has 2 aromatic rings. The second kappa shape index (κ2) is 8.65. The normalized spacial score (nSPS) is 13.9. The predicted molar refractivity (Wildman–Crippen MR) is 88.1 cm³/mol. The minimum atomic E-state index is -4.71. The smallest absolute Gasteiger partial charge is 0.406 e. The molecule has 1 saturated heterocycles. The highest BCUT2D eigenvalue weighted by Gasteiger charge is 2.32. The molecule has 1 aliphatic heterocycles. The first kappa shape index (κ1) is 20.4. The SMILES string of the molecule is Cc1csc(N2CCN(Cc3ccc(OC(F)(F)F)cc3)C2=O)n1.O=C=O. The van der Waals surface area contributed by atoms with Crippen LogP contribution < -0.4 is 9.64 Å². The molecule has 1 fully saturated rings. The van der Waals surface area contributed by atoms with E-state index in [0.717, 1.165) is 11.3 Å². The summed E-state index contributed by atoms with van der Waals surface area (Å²) in [6.07, 6.45) is -4.46. The third-order valence-corrected chi connectivity index (χ3v) is 4.44. The molecule has 144 valence electrons. The van der Waals surface area contributed by atoms with Gasteiger partial charge in [-0.3, -0.25) is 4.90 Å². The van der Waals surface area contributed by atoms with Crippen LogP contribution in [0.3, 0.4) is 0 Å². The van der Waals surface area contributed by atoms with Crippen molar-refractivity contribution < 1.29 is 32.3 Å². The van der Waals surface area contributed by atoms with Gasteiger partial charge in [-0.2, -0.15) is 9.59 Å². The molecule has 7 nitrogen and oxygen atoms in total. The zero-order valence-corrected chi connectivity index (χ0v) is 14.8. The number of halogens is 3. The van der Waals surface area contributed by atoms with E-state index in [0.29, 0.717) is 24.8 Å². The molecule has 0 radical (unpaired) electrons. The van der Waals surface area contributed by atoms with E-state index in [4.69, 9.17) is 9.59 Å². The number of benzene rings is 1. The van der Waals surface area contributed by atoms with Crippen molar-refractivity contribution in [2.75, 3.05) is 18.0 Å². The lowest BCUT2D eigenvalue weighted by molar-refractivity contribution is -0.274. The van der Waals surface area contributed by atoms with E-state index >= 15 is 0 Å². The molecule has 0 bridgehead atoms. The van der Waals surface area contributed by atoms with Crippen molar-refractivity contribution in [3.05, 3.63) is 40.9 Å². The third kappa shape index (κ3) is 5.80. The van der Waals surface area contributed by atoms with Crippen LogP contribution in [-0.2, 0) is 16.1 Å². The minimum Gasteiger partial charge on any atom is -0.406 e. The van der Waals surface area contributed by atoms with Crippen LogP contribution in [0.4, 0.5) is 23.1 Å². The number of nitrogens with zero attached hydrogens (tertiary/aromatic N) is 3. The molecule has 3 rings (SSSR count). The Bertz CT molecular complexity index is 817. The Morgan fingerprint density at radius 3 is 2.37 bits per heavy atom. The number of amides is 2. The molecular weight excluding hydrogens is 387 g/mol. The van der Waals surface area contributed by atoms with Gasteiger partial charge in [0.15, 0.2) is 5.13 Å². The van der Waals surface area contributed by atoms with Gasteiger partial charge in [-0.25, -0.2) is 9.78 Å². The molecule has 11 heteroatoms. The first-order chi connectivity index (χ1) is 12.7. The van der Waals surface area contributed by atoms with E-state index in [1.54, 1.807) is 9.80 Å². The van der Waals surface area contributed by atoms with Gasteiger partial charge in [-0.15, -0.1) is 24.5 Å². The quantitative estimate of drug-likeness (QED) is 0.786. The van der Waals surface area contributed by atoms with Gasteiger partial charge >= 0.3 is 18.5 Å². The van der Waals surface area contributed by atoms with Crippen LogP contribution in [0.25, 0.3) is 0 Å². The Labute approximate surface area is 156 Å². The first-order valence-electron chi connectivity index (χ1n) is 7.56. The van der Waals surface area contributed by atoms with Crippen molar-refractivity contribution in [1.29, 1.82) is 0 Å². The van der Waals surface area contributed by atoms with Crippen LogP contribution in [0.1, 0.15) is 11.3 Å². The second-order valence-corrected chi connectivity index (χ2v) is 6.24. The van der Waals surface area contributed by atoms with Crippen LogP contribution in [0.2, 0.25) is 0 Å².